The second-order valence-corrected chi connectivity index (χ2v) is 5.36. The Balaban J connectivity index is 1.84. The van der Waals surface area contributed by atoms with E-state index in [1.165, 1.54) is 0 Å². The molecule has 2 fully saturated rings. The number of allylic oxidation sites excluding steroid dienone is 2. The van der Waals surface area contributed by atoms with Crippen molar-refractivity contribution >= 4 is 18.0 Å². The lowest BCUT2D eigenvalue weighted by atomic mass is 9.89. The predicted octanol–water partition coefficient (Wildman–Crippen LogP) is 2.84. The van der Waals surface area contributed by atoms with Crippen LogP contribution in [-0.4, -0.2) is 11.9 Å². The standard InChI is InChI=1S/C17H16O3/c1-2-12-10-13(9-8-11-6-4-3-5-7-11)15-14(12)16(18)20-17(15)19/h2-9,12-15H,1,10H2/b9-8+/t12-,13+,14+,15-/m1/s1. The molecule has 0 amide bonds. The van der Waals surface area contributed by atoms with Crippen LogP contribution in [0.5, 0.6) is 0 Å². The van der Waals surface area contributed by atoms with Crippen molar-refractivity contribution in [3.8, 4) is 0 Å². The Hall–Kier alpha value is -2.16. The molecule has 1 aliphatic carbocycles. The summed E-state index contributed by atoms with van der Waals surface area (Å²) in [7, 11) is 0. The lowest BCUT2D eigenvalue weighted by Gasteiger charge is -2.08. The average molecular weight is 268 g/mol. The van der Waals surface area contributed by atoms with Gasteiger partial charge in [-0.25, -0.2) is 0 Å². The van der Waals surface area contributed by atoms with E-state index in [0.29, 0.717) is 0 Å². The van der Waals surface area contributed by atoms with Crippen molar-refractivity contribution in [2.45, 2.75) is 6.42 Å². The first kappa shape index (κ1) is 12.9. The number of ether oxygens (including phenoxy) is 1. The lowest BCUT2D eigenvalue weighted by molar-refractivity contribution is -0.154. The molecule has 1 saturated heterocycles. The molecule has 4 atom stereocenters. The molecule has 1 heterocycles. The SMILES string of the molecule is C=C[C@@H]1C[C@H](/C=C/c2ccccc2)[C@H]2C(=O)OC(=O)[C@H]21. The molecule has 1 aliphatic heterocycles. The van der Waals surface area contributed by atoms with Crippen LogP contribution in [-0.2, 0) is 14.3 Å². The molecule has 3 heteroatoms. The van der Waals surface area contributed by atoms with E-state index in [1.54, 1.807) is 6.08 Å². The van der Waals surface area contributed by atoms with Crippen molar-refractivity contribution in [3.05, 3.63) is 54.6 Å². The average Bonchev–Trinajstić information content (AvgIpc) is 2.97. The van der Waals surface area contributed by atoms with Gasteiger partial charge < -0.3 is 4.74 Å². The molecule has 20 heavy (non-hydrogen) atoms. The van der Waals surface area contributed by atoms with Crippen LogP contribution in [0, 0.1) is 23.7 Å². The van der Waals surface area contributed by atoms with Crippen LogP contribution in [0.4, 0.5) is 0 Å². The lowest BCUT2D eigenvalue weighted by Crippen LogP contribution is -2.19. The summed E-state index contributed by atoms with van der Waals surface area (Å²) in [6, 6.07) is 9.91. The fraction of sp³-hybridized carbons (Fsp3) is 0.294. The summed E-state index contributed by atoms with van der Waals surface area (Å²) in [6.45, 7) is 3.77. The Morgan fingerprint density at radius 2 is 1.70 bits per heavy atom. The molecule has 2 aliphatic rings. The van der Waals surface area contributed by atoms with Gasteiger partial charge in [0, 0.05) is 0 Å². The molecule has 3 nitrogen and oxygen atoms in total. The third kappa shape index (κ3) is 2.09. The largest absolute Gasteiger partial charge is 0.393 e. The highest BCUT2D eigenvalue weighted by atomic mass is 16.6. The maximum absolute atomic E-state index is 11.8. The van der Waals surface area contributed by atoms with Gasteiger partial charge in [0.05, 0.1) is 11.8 Å². The highest BCUT2D eigenvalue weighted by Crippen LogP contribution is 2.47. The zero-order chi connectivity index (χ0) is 14.1. The van der Waals surface area contributed by atoms with E-state index in [4.69, 9.17) is 4.74 Å². The van der Waals surface area contributed by atoms with Crippen molar-refractivity contribution in [1.29, 1.82) is 0 Å². The number of cyclic esters (lactones) is 2. The van der Waals surface area contributed by atoms with E-state index in [9.17, 15) is 9.59 Å². The van der Waals surface area contributed by atoms with Crippen molar-refractivity contribution in [3.63, 3.8) is 0 Å². The van der Waals surface area contributed by atoms with E-state index in [1.807, 2.05) is 42.5 Å². The molecule has 102 valence electrons. The summed E-state index contributed by atoms with van der Waals surface area (Å²) in [4.78, 5) is 23.6. The minimum absolute atomic E-state index is 0.0318. The van der Waals surface area contributed by atoms with Crippen LogP contribution < -0.4 is 0 Å². The van der Waals surface area contributed by atoms with Crippen LogP contribution >= 0.6 is 0 Å². The van der Waals surface area contributed by atoms with Crippen LogP contribution in [0.1, 0.15) is 12.0 Å². The van der Waals surface area contributed by atoms with Gasteiger partial charge in [0.25, 0.3) is 0 Å². The smallest absolute Gasteiger partial charge is 0.318 e. The minimum Gasteiger partial charge on any atom is -0.393 e. The fourth-order valence-electron chi connectivity index (χ4n) is 3.26. The normalized spacial score (nSPS) is 32.4. The number of rotatable bonds is 3. The summed E-state index contributed by atoms with van der Waals surface area (Å²) in [5, 5.41) is 0. The molecule has 3 rings (SSSR count). The van der Waals surface area contributed by atoms with Gasteiger partial charge in [0.2, 0.25) is 0 Å². The molecule has 0 bridgehead atoms. The molecule has 0 N–H and O–H groups in total. The van der Waals surface area contributed by atoms with Crippen LogP contribution in [0.3, 0.4) is 0 Å². The number of carbonyl (C=O) groups excluding carboxylic acids is 2. The first-order valence-corrected chi connectivity index (χ1v) is 6.82. The van der Waals surface area contributed by atoms with Crippen LogP contribution in [0.2, 0.25) is 0 Å². The van der Waals surface area contributed by atoms with Gasteiger partial charge in [-0.3, -0.25) is 9.59 Å². The van der Waals surface area contributed by atoms with E-state index < -0.39 is 0 Å². The molecule has 1 aromatic carbocycles. The van der Waals surface area contributed by atoms with Gasteiger partial charge >= 0.3 is 11.9 Å². The summed E-state index contributed by atoms with van der Waals surface area (Å²) in [6.07, 6.45) is 6.58. The Kier molecular flexibility index (Phi) is 3.26. The number of carbonyl (C=O) groups is 2. The molecule has 0 aromatic heterocycles. The van der Waals surface area contributed by atoms with E-state index in [-0.39, 0.29) is 35.6 Å². The van der Waals surface area contributed by atoms with Crippen LogP contribution in [0.25, 0.3) is 6.08 Å². The summed E-state index contributed by atoms with van der Waals surface area (Å²) < 4.78 is 4.78. The van der Waals surface area contributed by atoms with Gasteiger partial charge in [-0.1, -0.05) is 48.6 Å². The molecule has 0 radical (unpaired) electrons. The number of fused-ring (bicyclic) bond motifs is 1. The Bertz CT molecular complexity index is 573. The quantitative estimate of drug-likeness (QED) is 0.481. The van der Waals surface area contributed by atoms with Crippen molar-refractivity contribution in [1.82, 2.24) is 0 Å². The third-order valence-electron chi connectivity index (χ3n) is 4.24. The molecule has 0 unspecified atom stereocenters. The summed E-state index contributed by atoms with van der Waals surface area (Å²) >= 11 is 0. The van der Waals surface area contributed by atoms with Crippen molar-refractivity contribution in [2.24, 2.45) is 23.7 Å². The van der Waals surface area contributed by atoms with E-state index >= 15 is 0 Å². The number of hydrogen-bond acceptors (Lipinski definition) is 3. The van der Waals surface area contributed by atoms with Gasteiger partial charge in [0.1, 0.15) is 0 Å². The Labute approximate surface area is 117 Å². The zero-order valence-electron chi connectivity index (χ0n) is 11.1. The van der Waals surface area contributed by atoms with Gasteiger partial charge in [-0.05, 0) is 23.8 Å². The van der Waals surface area contributed by atoms with Gasteiger partial charge in [0.15, 0.2) is 0 Å². The minimum atomic E-state index is -0.388. The molecule has 1 aromatic rings. The maximum Gasteiger partial charge on any atom is 0.318 e. The number of benzene rings is 1. The Morgan fingerprint density at radius 1 is 1.05 bits per heavy atom. The fourth-order valence-corrected chi connectivity index (χ4v) is 3.26. The Morgan fingerprint density at radius 3 is 2.35 bits per heavy atom. The first-order valence-electron chi connectivity index (χ1n) is 6.82. The topological polar surface area (TPSA) is 43.4 Å². The predicted molar refractivity (Wildman–Crippen MR) is 75.3 cm³/mol. The van der Waals surface area contributed by atoms with Crippen molar-refractivity contribution < 1.29 is 14.3 Å². The van der Waals surface area contributed by atoms with E-state index in [2.05, 4.69) is 6.58 Å². The first-order chi connectivity index (χ1) is 9.70. The highest BCUT2D eigenvalue weighted by Gasteiger charge is 2.55. The molecular formula is C17H16O3. The highest BCUT2D eigenvalue weighted by molar-refractivity contribution is 5.97. The van der Waals surface area contributed by atoms with Gasteiger partial charge in [-0.15, -0.1) is 6.58 Å². The monoisotopic (exact) mass is 268 g/mol. The van der Waals surface area contributed by atoms with E-state index in [0.717, 1.165) is 12.0 Å². The second kappa shape index (κ2) is 5.08. The van der Waals surface area contributed by atoms with Gasteiger partial charge in [-0.2, -0.15) is 0 Å². The number of hydrogen-bond donors (Lipinski definition) is 0. The molecular weight excluding hydrogens is 252 g/mol. The van der Waals surface area contributed by atoms with Crippen molar-refractivity contribution in [2.75, 3.05) is 0 Å². The third-order valence-corrected chi connectivity index (χ3v) is 4.24. The maximum atomic E-state index is 11.8. The summed E-state index contributed by atoms with van der Waals surface area (Å²) in [5.74, 6) is -1.38. The number of esters is 2. The molecule has 0 spiro atoms. The van der Waals surface area contributed by atoms with Crippen LogP contribution in [0.15, 0.2) is 49.1 Å². The zero-order valence-corrected chi connectivity index (χ0v) is 11.1. The summed E-state index contributed by atoms with van der Waals surface area (Å²) in [5.41, 5.74) is 1.09. The molecule has 1 saturated carbocycles. The second-order valence-electron chi connectivity index (χ2n) is 5.36.